The molecule has 1 aromatic carbocycles. The lowest BCUT2D eigenvalue weighted by molar-refractivity contribution is -0.135. The number of carbonyl (C=O) groups excluding carboxylic acids is 2. The van der Waals surface area contributed by atoms with Gasteiger partial charge in [-0.15, -0.1) is 0 Å². The monoisotopic (exact) mass is 411 g/mol. The molecular formula is C20H21N5O3S. The third kappa shape index (κ3) is 5.25. The largest absolute Gasteiger partial charge is 0.383 e. The quantitative estimate of drug-likeness (QED) is 0.723. The van der Waals surface area contributed by atoms with E-state index in [9.17, 15) is 14.9 Å². The van der Waals surface area contributed by atoms with E-state index >= 15 is 0 Å². The van der Waals surface area contributed by atoms with Crippen LogP contribution in [0.1, 0.15) is 22.8 Å². The highest BCUT2D eigenvalue weighted by atomic mass is 32.2. The van der Waals surface area contributed by atoms with Gasteiger partial charge in [0.15, 0.2) is 0 Å². The highest BCUT2D eigenvalue weighted by Gasteiger charge is 2.22. The number of morpholine rings is 1. The second-order valence-electron chi connectivity index (χ2n) is 6.52. The first-order chi connectivity index (χ1) is 14.0. The normalized spacial score (nSPS) is 16.1. The average molecular weight is 411 g/mol. The van der Waals surface area contributed by atoms with Crippen LogP contribution in [-0.4, -0.2) is 53.3 Å². The number of nitrogens with zero attached hydrogens (tertiary/aromatic N) is 3. The van der Waals surface area contributed by atoms with Crippen molar-refractivity contribution in [3.8, 4) is 6.07 Å². The fourth-order valence-corrected chi connectivity index (χ4v) is 3.73. The molecule has 29 heavy (non-hydrogen) atoms. The molecule has 9 heteroatoms. The topological polar surface area (TPSA) is 121 Å². The summed E-state index contributed by atoms with van der Waals surface area (Å²) < 4.78 is 5.44. The third-order valence-corrected chi connectivity index (χ3v) is 5.32. The number of nitrogen functional groups attached to an aromatic ring is 1. The number of thioether (sulfide) groups is 1. The summed E-state index contributed by atoms with van der Waals surface area (Å²) in [6, 6.07) is 12.4. The Kier molecular flexibility index (Phi) is 6.69. The molecule has 1 aliphatic rings. The molecule has 0 bridgehead atoms. The van der Waals surface area contributed by atoms with Crippen LogP contribution in [0, 0.1) is 11.3 Å². The summed E-state index contributed by atoms with van der Waals surface area (Å²) >= 11 is 1.14. The minimum Gasteiger partial charge on any atom is -0.383 e. The number of anilines is 2. The zero-order chi connectivity index (χ0) is 20.8. The fraction of sp³-hybridized carbons (Fsp3) is 0.300. The zero-order valence-corrected chi connectivity index (χ0v) is 16.7. The van der Waals surface area contributed by atoms with Crippen molar-refractivity contribution in [3.05, 3.63) is 47.5 Å². The van der Waals surface area contributed by atoms with Crippen molar-refractivity contribution in [2.45, 2.75) is 18.1 Å². The van der Waals surface area contributed by atoms with Crippen molar-refractivity contribution in [3.63, 3.8) is 0 Å². The molecule has 0 spiro atoms. The van der Waals surface area contributed by atoms with Crippen LogP contribution >= 0.6 is 11.8 Å². The lowest BCUT2D eigenvalue weighted by Gasteiger charge is -2.31. The summed E-state index contributed by atoms with van der Waals surface area (Å²) in [5, 5.41) is 12.5. The van der Waals surface area contributed by atoms with Crippen LogP contribution in [0.15, 0.2) is 41.4 Å². The first-order valence-electron chi connectivity index (χ1n) is 9.07. The van der Waals surface area contributed by atoms with E-state index in [0.717, 1.165) is 11.8 Å². The van der Waals surface area contributed by atoms with E-state index in [2.05, 4.69) is 10.3 Å². The zero-order valence-electron chi connectivity index (χ0n) is 15.9. The Balaban J connectivity index is 1.70. The second-order valence-corrected chi connectivity index (χ2v) is 7.48. The van der Waals surface area contributed by atoms with Crippen LogP contribution in [0.4, 0.5) is 11.5 Å². The van der Waals surface area contributed by atoms with E-state index in [-0.39, 0.29) is 34.7 Å². The third-order valence-electron chi connectivity index (χ3n) is 4.34. The summed E-state index contributed by atoms with van der Waals surface area (Å²) in [7, 11) is 0. The number of aromatic nitrogens is 1. The molecule has 1 fully saturated rings. The van der Waals surface area contributed by atoms with Gasteiger partial charge in [-0.3, -0.25) is 9.59 Å². The van der Waals surface area contributed by atoms with Crippen molar-refractivity contribution in [2.75, 3.05) is 36.5 Å². The standard InChI is InChI=1S/C20H21N5O3S/c1-13-11-25(7-8-28-13)17(26)12-29-20-14(10-21)9-16(18(22)24-20)19(27)23-15-5-3-2-4-6-15/h2-6,9,13H,7-8,11-12H2,1H3,(H2,22,24)(H,23,27). The number of rotatable bonds is 5. The van der Waals surface area contributed by atoms with E-state index in [1.807, 2.05) is 19.1 Å². The minimum absolute atomic E-state index is 0.00329. The van der Waals surface area contributed by atoms with Gasteiger partial charge in [0, 0.05) is 18.8 Å². The fourth-order valence-electron chi connectivity index (χ4n) is 2.87. The number of nitrogens with two attached hydrogens (primary N) is 1. The smallest absolute Gasteiger partial charge is 0.259 e. The van der Waals surface area contributed by atoms with Gasteiger partial charge in [0.05, 0.1) is 29.6 Å². The van der Waals surface area contributed by atoms with Crippen molar-refractivity contribution in [2.24, 2.45) is 0 Å². The highest BCUT2D eigenvalue weighted by Crippen LogP contribution is 2.25. The Morgan fingerprint density at radius 3 is 2.86 bits per heavy atom. The van der Waals surface area contributed by atoms with Gasteiger partial charge in [0.25, 0.3) is 5.91 Å². The molecule has 1 aromatic heterocycles. The van der Waals surface area contributed by atoms with Crippen molar-refractivity contribution in [1.82, 2.24) is 9.88 Å². The number of nitriles is 1. The van der Waals surface area contributed by atoms with Gasteiger partial charge >= 0.3 is 0 Å². The molecule has 2 amide bonds. The molecule has 150 valence electrons. The summed E-state index contributed by atoms with van der Waals surface area (Å²) in [5.41, 5.74) is 6.88. The number of hydrogen-bond donors (Lipinski definition) is 2. The van der Waals surface area contributed by atoms with Gasteiger partial charge in [-0.25, -0.2) is 4.98 Å². The van der Waals surface area contributed by atoms with E-state index in [4.69, 9.17) is 10.5 Å². The molecule has 0 aliphatic carbocycles. The van der Waals surface area contributed by atoms with E-state index in [0.29, 0.717) is 30.4 Å². The van der Waals surface area contributed by atoms with Crippen molar-refractivity contribution >= 4 is 35.1 Å². The summed E-state index contributed by atoms with van der Waals surface area (Å²) in [6.07, 6.45) is 0.00329. The number of benzene rings is 1. The molecule has 1 aliphatic heterocycles. The maximum absolute atomic E-state index is 12.5. The van der Waals surface area contributed by atoms with Gasteiger partial charge < -0.3 is 20.7 Å². The van der Waals surface area contributed by atoms with Gasteiger partial charge in [-0.2, -0.15) is 5.26 Å². The van der Waals surface area contributed by atoms with E-state index in [1.165, 1.54) is 6.07 Å². The number of carbonyl (C=O) groups is 2. The number of ether oxygens (including phenoxy) is 1. The highest BCUT2D eigenvalue weighted by molar-refractivity contribution is 8.00. The summed E-state index contributed by atoms with van der Waals surface area (Å²) in [6.45, 7) is 3.51. The lowest BCUT2D eigenvalue weighted by atomic mass is 10.2. The Hall–Kier alpha value is -3.09. The van der Waals surface area contributed by atoms with Crippen LogP contribution < -0.4 is 11.1 Å². The van der Waals surface area contributed by atoms with Crippen molar-refractivity contribution in [1.29, 1.82) is 5.26 Å². The summed E-state index contributed by atoms with van der Waals surface area (Å²) in [5.74, 6) is -0.371. The van der Waals surface area contributed by atoms with E-state index in [1.54, 1.807) is 29.2 Å². The SMILES string of the molecule is CC1CN(C(=O)CSc2nc(N)c(C(=O)Nc3ccccc3)cc2C#N)CCO1. The molecule has 1 atom stereocenters. The van der Waals surface area contributed by atoms with Gasteiger partial charge in [0.1, 0.15) is 16.9 Å². The minimum atomic E-state index is -0.451. The Morgan fingerprint density at radius 2 is 2.17 bits per heavy atom. The number of hydrogen-bond acceptors (Lipinski definition) is 7. The van der Waals surface area contributed by atoms with Crippen LogP contribution in [0.5, 0.6) is 0 Å². The van der Waals surface area contributed by atoms with Crippen LogP contribution in [0.3, 0.4) is 0 Å². The Labute approximate surface area is 173 Å². The number of amides is 2. The number of pyridine rings is 1. The molecule has 8 nitrogen and oxygen atoms in total. The maximum Gasteiger partial charge on any atom is 0.259 e. The molecule has 2 aromatic rings. The Morgan fingerprint density at radius 1 is 1.41 bits per heavy atom. The molecule has 0 radical (unpaired) electrons. The molecule has 0 saturated carbocycles. The predicted molar refractivity (Wildman–Crippen MR) is 110 cm³/mol. The lowest BCUT2D eigenvalue weighted by Crippen LogP contribution is -2.45. The first kappa shape index (κ1) is 20.6. The molecular weight excluding hydrogens is 390 g/mol. The number of nitrogens with one attached hydrogen (secondary N) is 1. The van der Waals surface area contributed by atoms with Crippen LogP contribution in [0.25, 0.3) is 0 Å². The van der Waals surface area contributed by atoms with Crippen LogP contribution in [0.2, 0.25) is 0 Å². The van der Waals surface area contributed by atoms with Crippen molar-refractivity contribution < 1.29 is 14.3 Å². The van der Waals surface area contributed by atoms with Gasteiger partial charge in [-0.1, -0.05) is 30.0 Å². The molecule has 3 rings (SSSR count). The van der Waals surface area contributed by atoms with E-state index < -0.39 is 5.91 Å². The molecule has 3 N–H and O–H groups in total. The first-order valence-corrected chi connectivity index (χ1v) is 10.1. The maximum atomic E-state index is 12.5. The van der Waals surface area contributed by atoms with Gasteiger partial charge in [-0.05, 0) is 25.1 Å². The number of para-hydroxylation sites is 1. The predicted octanol–water partition coefficient (Wildman–Crippen LogP) is 2.13. The second kappa shape index (κ2) is 9.41. The molecule has 1 saturated heterocycles. The van der Waals surface area contributed by atoms with Crippen LogP contribution in [-0.2, 0) is 9.53 Å². The van der Waals surface area contributed by atoms with Gasteiger partial charge in [0.2, 0.25) is 5.91 Å². The average Bonchev–Trinajstić information content (AvgIpc) is 2.72. The summed E-state index contributed by atoms with van der Waals surface area (Å²) in [4.78, 5) is 30.9. The molecule has 1 unspecified atom stereocenters. The Bertz CT molecular complexity index is 945. The molecule has 2 heterocycles.